The van der Waals surface area contributed by atoms with Crippen LogP contribution in [0.15, 0.2) is 0 Å². The second-order valence-electron chi connectivity index (χ2n) is 4.43. The summed E-state index contributed by atoms with van der Waals surface area (Å²) in [5, 5.41) is 8.69. The molecule has 1 N–H and O–H groups in total. The molecule has 0 aliphatic rings. The average molecular weight is 274 g/mol. The Hall–Kier alpha value is -0.780. The number of aliphatic hydroxyl groups is 1. The molecule has 0 amide bonds. The summed E-state index contributed by atoms with van der Waals surface area (Å²) in [6.45, 7) is 4.11. The lowest BCUT2D eigenvalue weighted by molar-refractivity contribution is -0.174. The topological polar surface area (TPSA) is 72.8 Å². The van der Waals surface area contributed by atoms with Crippen LogP contribution in [0.1, 0.15) is 52.4 Å². The summed E-state index contributed by atoms with van der Waals surface area (Å²) < 4.78 is 10.6. The number of hydrogen-bond donors (Lipinski definition) is 1. The number of ether oxygens (including phenoxy) is 2. The van der Waals surface area contributed by atoms with Crippen LogP contribution in [0.4, 0.5) is 0 Å². The molecule has 0 atom stereocenters. The number of rotatable bonds is 13. The lowest BCUT2D eigenvalue weighted by atomic mass is 10.2. The molecule has 0 aromatic carbocycles. The van der Waals surface area contributed by atoms with Gasteiger partial charge in [0.1, 0.15) is 6.61 Å². The fourth-order valence-corrected chi connectivity index (χ4v) is 1.49. The van der Waals surface area contributed by atoms with Crippen molar-refractivity contribution in [2.24, 2.45) is 0 Å². The summed E-state index contributed by atoms with van der Waals surface area (Å²) in [6.07, 6.45) is 4.60. The highest BCUT2D eigenvalue weighted by atomic mass is 16.7. The Morgan fingerprint density at radius 1 is 0.947 bits per heavy atom. The summed E-state index contributed by atoms with van der Waals surface area (Å²) >= 11 is 0. The molecule has 0 aromatic rings. The van der Waals surface area contributed by atoms with Gasteiger partial charge < -0.3 is 14.6 Å². The minimum Gasteiger partial charge on any atom is -0.388 e. The normalized spacial score (nSPS) is 10.9. The van der Waals surface area contributed by atoms with Crippen LogP contribution in [0, 0.1) is 0 Å². The molecule has 0 bridgehead atoms. The van der Waals surface area contributed by atoms with E-state index >= 15 is 0 Å². The fraction of sp³-hybridized carbons (Fsp3) is 0.857. The van der Waals surface area contributed by atoms with E-state index in [4.69, 9.17) is 14.6 Å². The van der Waals surface area contributed by atoms with E-state index in [1.54, 1.807) is 0 Å². The zero-order chi connectivity index (χ0) is 14.5. The van der Waals surface area contributed by atoms with Crippen molar-refractivity contribution in [3.8, 4) is 0 Å². The molecule has 0 rings (SSSR count). The first-order valence-corrected chi connectivity index (χ1v) is 7.08. The van der Waals surface area contributed by atoms with Crippen molar-refractivity contribution < 1.29 is 24.2 Å². The van der Waals surface area contributed by atoms with Crippen molar-refractivity contribution >= 4 is 11.6 Å². The molecule has 0 aromatic heterocycles. The number of carbonyl (C=O) groups is 2. The van der Waals surface area contributed by atoms with Crippen molar-refractivity contribution in [2.45, 2.75) is 58.7 Å². The van der Waals surface area contributed by atoms with E-state index in [0.717, 1.165) is 38.5 Å². The molecular weight excluding hydrogens is 248 g/mol. The van der Waals surface area contributed by atoms with Crippen molar-refractivity contribution in [2.75, 3.05) is 19.8 Å². The number of hydrogen-bond acceptors (Lipinski definition) is 5. The van der Waals surface area contributed by atoms with Gasteiger partial charge in [0.25, 0.3) is 5.78 Å². The van der Waals surface area contributed by atoms with Gasteiger partial charge in [0.15, 0.2) is 0 Å². The Bertz CT molecular complexity index is 240. The lowest BCUT2D eigenvalue weighted by Crippen LogP contribution is -2.35. The van der Waals surface area contributed by atoms with E-state index in [9.17, 15) is 9.59 Å². The van der Waals surface area contributed by atoms with Crippen LogP contribution in [-0.2, 0) is 19.1 Å². The maximum atomic E-state index is 11.6. The van der Waals surface area contributed by atoms with Crippen LogP contribution in [0.2, 0.25) is 0 Å². The summed E-state index contributed by atoms with van der Waals surface area (Å²) in [5.74, 6) is -1.66. The Morgan fingerprint density at radius 2 is 1.42 bits per heavy atom. The second-order valence-corrected chi connectivity index (χ2v) is 4.43. The summed E-state index contributed by atoms with van der Waals surface area (Å²) in [6, 6.07) is 0. The Labute approximate surface area is 115 Å². The zero-order valence-electron chi connectivity index (χ0n) is 12.0. The summed E-state index contributed by atoms with van der Waals surface area (Å²) in [7, 11) is 0. The van der Waals surface area contributed by atoms with E-state index < -0.39 is 24.5 Å². The lowest BCUT2D eigenvalue weighted by Gasteiger charge is -2.16. The van der Waals surface area contributed by atoms with Gasteiger partial charge >= 0.3 is 0 Å². The molecular formula is C14H26O5. The first-order valence-electron chi connectivity index (χ1n) is 7.08. The maximum absolute atomic E-state index is 11.6. The third-order valence-corrected chi connectivity index (χ3v) is 2.67. The highest BCUT2D eigenvalue weighted by Crippen LogP contribution is 2.04. The molecule has 0 saturated carbocycles. The third-order valence-electron chi connectivity index (χ3n) is 2.67. The molecule has 0 unspecified atom stereocenters. The third kappa shape index (κ3) is 8.86. The largest absolute Gasteiger partial charge is 0.388 e. The van der Waals surface area contributed by atoms with Gasteiger partial charge in [-0.1, -0.05) is 39.5 Å². The summed E-state index contributed by atoms with van der Waals surface area (Å²) in [4.78, 5) is 22.8. The van der Waals surface area contributed by atoms with Crippen molar-refractivity contribution in [3.05, 3.63) is 0 Å². The van der Waals surface area contributed by atoms with Crippen LogP contribution in [0.5, 0.6) is 0 Å². The van der Waals surface area contributed by atoms with Crippen molar-refractivity contribution in [1.82, 2.24) is 0 Å². The quantitative estimate of drug-likeness (QED) is 0.315. The van der Waals surface area contributed by atoms with E-state index in [0.29, 0.717) is 13.2 Å². The number of ketones is 2. The standard InChI is InChI=1S/C14H26O5/c1-3-5-7-9-18-14(13(17)12(16)11-15)19-10-8-6-4-2/h14-15H,3-11H2,1-2H3. The summed E-state index contributed by atoms with van der Waals surface area (Å²) in [5.41, 5.74) is 0. The predicted molar refractivity (Wildman–Crippen MR) is 71.8 cm³/mol. The molecule has 0 aliphatic heterocycles. The minimum absolute atomic E-state index is 0.386. The highest BCUT2D eigenvalue weighted by molar-refractivity contribution is 6.39. The van der Waals surface area contributed by atoms with Gasteiger partial charge in [-0.25, -0.2) is 0 Å². The molecule has 0 fully saturated rings. The molecule has 0 spiro atoms. The molecule has 0 radical (unpaired) electrons. The molecule has 5 heteroatoms. The fourth-order valence-electron chi connectivity index (χ4n) is 1.49. The number of unbranched alkanes of at least 4 members (excludes halogenated alkanes) is 4. The van der Waals surface area contributed by atoms with Crippen molar-refractivity contribution in [1.29, 1.82) is 0 Å². The van der Waals surface area contributed by atoms with Crippen molar-refractivity contribution in [3.63, 3.8) is 0 Å². The van der Waals surface area contributed by atoms with Crippen LogP contribution in [0.25, 0.3) is 0 Å². The van der Waals surface area contributed by atoms with Gasteiger partial charge in [0, 0.05) is 0 Å². The highest BCUT2D eigenvalue weighted by Gasteiger charge is 2.25. The monoisotopic (exact) mass is 274 g/mol. The Balaban J connectivity index is 4.13. The van der Waals surface area contributed by atoms with E-state index in [1.165, 1.54) is 0 Å². The maximum Gasteiger partial charge on any atom is 0.256 e. The Kier molecular flexibility index (Phi) is 11.8. The van der Waals surface area contributed by atoms with Gasteiger partial charge in [-0.3, -0.25) is 9.59 Å². The number of carbonyl (C=O) groups excluding carboxylic acids is 2. The van der Waals surface area contributed by atoms with Gasteiger partial charge in [0.05, 0.1) is 13.2 Å². The molecule has 0 heterocycles. The van der Waals surface area contributed by atoms with E-state index in [1.807, 2.05) is 0 Å². The zero-order valence-corrected chi connectivity index (χ0v) is 12.0. The number of aliphatic hydroxyl groups excluding tert-OH is 1. The smallest absolute Gasteiger partial charge is 0.256 e. The van der Waals surface area contributed by atoms with Gasteiger partial charge in [-0.2, -0.15) is 0 Å². The average Bonchev–Trinajstić information content (AvgIpc) is 2.44. The molecule has 5 nitrogen and oxygen atoms in total. The first-order chi connectivity index (χ1) is 9.17. The number of Topliss-reactive ketones (excluding diaryl/α,β-unsaturated/α-hetero) is 2. The van der Waals surface area contributed by atoms with Gasteiger partial charge in [0.2, 0.25) is 12.1 Å². The SMILES string of the molecule is CCCCCOC(OCCCCC)C(=O)C(=O)CO. The van der Waals surface area contributed by atoms with Crippen LogP contribution in [-0.4, -0.2) is 42.8 Å². The van der Waals surface area contributed by atoms with Crippen LogP contribution in [0.3, 0.4) is 0 Å². The first kappa shape index (κ1) is 18.2. The Morgan fingerprint density at radius 3 is 1.79 bits per heavy atom. The van der Waals surface area contributed by atoms with E-state index in [-0.39, 0.29) is 0 Å². The van der Waals surface area contributed by atoms with Gasteiger partial charge in [-0.05, 0) is 12.8 Å². The van der Waals surface area contributed by atoms with Crippen LogP contribution >= 0.6 is 0 Å². The molecule has 19 heavy (non-hydrogen) atoms. The predicted octanol–water partition coefficient (Wildman–Crippen LogP) is 1.86. The minimum atomic E-state index is -1.16. The molecule has 0 aliphatic carbocycles. The molecule has 112 valence electrons. The van der Waals surface area contributed by atoms with Crippen LogP contribution < -0.4 is 0 Å². The molecule has 0 saturated heterocycles. The van der Waals surface area contributed by atoms with Gasteiger partial charge in [-0.15, -0.1) is 0 Å². The van der Waals surface area contributed by atoms with E-state index in [2.05, 4.69) is 13.8 Å². The second kappa shape index (κ2) is 12.3.